The van der Waals surface area contributed by atoms with Gasteiger partial charge < -0.3 is 0 Å². The molecular weight excluding hydrogens is 791 g/mol. The third-order valence-electron chi connectivity index (χ3n) is 16.9. The summed E-state index contributed by atoms with van der Waals surface area (Å²) in [6.45, 7) is 41.4. The predicted molar refractivity (Wildman–Crippen MR) is 254 cm³/mol. The van der Waals surface area contributed by atoms with Gasteiger partial charge >= 0.3 is 367 Å². The number of hydrogen-bond donors (Lipinski definition) is 0. The standard InChI is InChI=1S/2C28H45.Sn/c2*1-9-13-27(14-10-2)19-25(5,6)21-17-22-24(18-23(21)27)28(15-11-3,16-12-4)20-26(22,7)8;/h2*17H,9-16,19-20H2,1-8H3;. The summed E-state index contributed by atoms with van der Waals surface area (Å²) < 4.78 is 4.08. The van der Waals surface area contributed by atoms with Crippen molar-refractivity contribution in [2.24, 2.45) is 0 Å². The molecule has 57 heavy (non-hydrogen) atoms. The molecule has 4 aliphatic rings. The van der Waals surface area contributed by atoms with Crippen LogP contribution >= 0.6 is 0 Å². The van der Waals surface area contributed by atoms with Gasteiger partial charge in [0.1, 0.15) is 0 Å². The molecule has 0 aromatic heterocycles. The molecule has 4 aliphatic carbocycles. The molecule has 318 valence electrons. The minimum atomic E-state index is -1.39. The summed E-state index contributed by atoms with van der Waals surface area (Å²) >= 11 is -1.39. The molecule has 0 N–H and O–H groups in total. The second kappa shape index (κ2) is 16.2. The van der Waals surface area contributed by atoms with E-state index >= 15 is 0 Å². The summed E-state index contributed by atoms with van der Waals surface area (Å²) in [5.74, 6) is 0. The maximum atomic E-state index is 2.90. The van der Waals surface area contributed by atoms with Crippen LogP contribution in [0.3, 0.4) is 0 Å². The van der Waals surface area contributed by atoms with Crippen LogP contribution in [-0.2, 0) is 43.3 Å². The van der Waals surface area contributed by atoms with E-state index in [2.05, 4.69) is 123 Å². The van der Waals surface area contributed by atoms with Crippen LogP contribution in [0.25, 0.3) is 0 Å². The van der Waals surface area contributed by atoms with Crippen molar-refractivity contribution in [2.45, 2.75) is 283 Å². The molecule has 0 unspecified atom stereocenters. The zero-order valence-electron chi connectivity index (χ0n) is 40.8. The molecule has 2 aromatic rings. The quantitative estimate of drug-likeness (QED) is 0.131. The van der Waals surface area contributed by atoms with Gasteiger partial charge in [-0.05, 0) is 0 Å². The van der Waals surface area contributed by atoms with Crippen LogP contribution in [0, 0.1) is 0 Å². The predicted octanol–water partition coefficient (Wildman–Crippen LogP) is 15.4. The Morgan fingerprint density at radius 3 is 0.667 bits per heavy atom. The SMILES string of the molecule is CCCC1(CCC)CC(C)(C)c2cc3c([c]([Sn][c]4c5c(cc6c4C(CCC)(CCC)CC6(C)C)C(C)(C)CC5(CCC)CCC)c21)C(CCC)(CCC)CC3(C)C. The van der Waals surface area contributed by atoms with Gasteiger partial charge in [0.25, 0.3) is 0 Å². The van der Waals surface area contributed by atoms with E-state index in [0.717, 1.165) is 0 Å². The molecule has 0 saturated heterocycles. The summed E-state index contributed by atoms with van der Waals surface area (Å²) in [6, 6.07) is 5.80. The third-order valence-corrected chi connectivity index (χ3v) is 21.2. The van der Waals surface area contributed by atoms with Gasteiger partial charge in [-0.2, -0.15) is 0 Å². The van der Waals surface area contributed by atoms with E-state index in [4.69, 9.17) is 0 Å². The normalized spacial score (nSPS) is 23.0. The summed E-state index contributed by atoms with van der Waals surface area (Å²) in [7, 11) is 0. The molecule has 6 rings (SSSR count). The Kier molecular flexibility index (Phi) is 13.0. The Balaban J connectivity index is 1.88. The second-order valence-electron chi connectivity index (χ2n) is 23.7. The fourth-order valence-corrected chi connectivity index (χ4v) is 22.9. The molecular formula is C56H90Sn. The van der Waals surface area contributed by atoms with Gasteiger partial charge in [-0.25, -0.2) is 0 Å². The molecule has 0 saturated carbocycles. The Labute approximate surface area is 365 Å². The van der Waals surface area contributed by atoms with Crippen LogP contribution in [-0.4, -0.2) is 21.1 Å². The van der Waals surface area contributed by atoms with Crippen LogP contribution in [0.15, 0.2) is 12.1 Å². The minimum absolute atomic E-state index is 0.215. The Morgan fingerprint density at radius 1 is 0.333 bits per heavy atom. The first-order valence-corrected chi connectivity index (χ1v) is 27.8. The number of benzene rings is 2. The number of rotatable bonds is 18. The summed E-state index contributed by atoms with van der Waals surface area (Å²) in [4.78, 5) is 0. The number of fused-ring (bicyclic) bond motifs is 4. The van der Waals surface area contributed by atoms with E-state index < -0.39 is 21.1 Å². The van der Waals surface area contributed by atoms with E-state index in [0.29, 0.717) is 21.7 Å². The molecule has 2 radical (unpaired) electrons. The van der Waals surface area contributed by atoms with Crippen LogP contribution in [0.5, 0.6) is 0 Å². The molecule has 0 amide bonds. The van der Waals surface area contributed by atoms with Crippen molar-refractivity contribution in [1.82, 2.24) is 0 Å². The molecule has 0 aliphatic heterocycles. The topological polar surface area (TPSA) is 0 Å². The van der Waals surface area contributed by atoms with E-state index in [1.54, 1.807) is 22.3 Å². The first-order valence-electron chi connectivity index (χ1n) is 25.0. The fraction of sp³-hybridized carbons (Fsp3) is 0.786. The Morgan fingerprint density at radius 2 is 0.509 bits per heavy atom. The maximum absolute atomic E-state index is 2.90. The van der Waals surface area contributed by atoms with E-state index in [9.17, 15) is 0 Å². The van der Waals surface area contributed by atoms with Crippen molar-refractivity contribution >= 4 is 28.3 Å². The monoisotopic (exact) mass is 883 g/mol. The molecule has 0 heterocycles. The molecule has 1 heteroatoms. The van der Waals surface area contributed by atoms with Crippen molar-refractivity contribution in [2.75, 3.05) is 0 Å². The first-order chi connectivity index (χ1) is 26.7. The average molecular weight is 882 g/mol. The molecule has 0 spiro atoms. The molecule has 2 aromatic carbocycles. The average Bonchev–Trinajstić information content (AvgIpc) is 3.65. The van der Waals surface area contributed by atoms with Gasteiger partial charge in [0.2, 0.25) is 0 Å². The Bertz CT molecular complexity index is 1500. The van der Waals surface area contributed by atoms with Gasteiger partial charge in [0.05, 0.1) is 0 Å². The third kappa shape index (κ3) is 7.22. The number of hydrogen-bond acceptors (Lipinski definition) is 0. The zero-order chi connectivity index (χ0) is 42.0. The van der Waals surface area contributed by atoms with Crippen LogP contribution < -0.4 is 7.16 Å². The molecule has 0 fully saturated rings. The van der Waals surface area contributed by atoms with Gasteiger partial charge in [-0.15, -0.1) is 0 Å². The van der Waals surface area contributed by atoms with Gasteiger partial charge in [-0.3, -0.25) is 0 Å². The van der Waals surface area contributed by atoms with Gasteiger partial charge in [0, 0.05) is 0 Å². The molecule has 0 atom stereocenters. The van der Waals surface area contributed by atoms with Crippen LogP contribution in [0.1, 0.15) is 284 Å². The van der Waals surface area contributed by atoms with E-state index in [1.807, 2.05) is 29.4 Å². The van der Waals surface area contributed by atoms with E-state index in [1.165, 1.54) is 128 Å². The first kappa shape index (κ1) is 45.8. The van der Waals surface area contributed by atoms with Crippen LogP contribution in [0.4, 0.5) is 0 Å². The van der Waals surface area contributed by atoms with Crippen LogP contribution in [0.2, 0.25) is 0 Å². The second-order valence-corrected chi connectivity index (χ2v) is 27.2. The van der Waals surface area contributed by atoms with Gasteiger partial charge in [-0.1, -0.05) is 0 Å². The van der Waals surface area contributed by atoms with Gasteiger partial charge in [0.15, 0.2) is 0 Å². The fourth-order valence-electron chi connectivity index (χ4n) is 16.2. The van der Waals surface area contributed by atoms with Crippen molar-refractivity contribution in [3.8, 4) is 0 Å². The summed E-state index contributed by atoms with van der Waals surface area (Å²) in [5, 5.41) is 0. The summed E-state index contributed by atoms with van der Waals surface area (Å²) in [5.41, 5.74) is 17.0. The zero-order valence-corrected chi connectivity index (χ0v) is 43.7. The molecule has 0 nitrogen and oxygen atoms in total. The summed E-state index contributed by atoms with van der Waals surface area (Å²) in [6.07, 6.45) is 26.6. The van der Waals surface area contributed by atoms with E-state index in [-0.39, 0.29) is 21.7 Å². The Hall–Kier alpha value is -0.761. The van der Waals surface area contributed by atoms with Crippen molar-refractivity contribution in [1.29, 1.82) is 0 Å². The molecule has 0 bridgehead atoms. The van der Waals surface area contributed by atoms with Crippen molar-refractivity contribution in [3.63, 3.8) is 0 Å². The van der Waals surface area contributed by atoms with Crippen molar-refractivity contribution in [3.05, 3.63) is 56.6 Å². The van der Waals surface area contributed by atoms with Crippen molar-refractivity contribution < 1.29 is 0 Å².